The van der Waals surface area contributed by atoms with Gasteiger partial charge in [-0.3, -0.25) is 9.36 Å². The highest BCUT2D eigenvalue weighted by Gasteiger charge is 2.23. The van der Waals surface area contributed by atoms with Crippen molar-refractivity contribution in [1.29, 1.82) is 5.26 Å². The van der Waals surface area contributed by atoms with Gasteiger partial charge in [-0.25, -0.2) is 0 Å². The molecule has 1 atom stereocenters. The molecule has 7 heteroatoms. The van der Waals surface area contributed by atoms with Crippen molar-refractivity contribution in [3.8, 4) is 6.07 Å². The second-order valence-corrected chi connectivity index (χ2v) is 6.44. The highest BCUT2D eigenvalue weighted by Crippen LogP contribution is 2.30. The summed E-state index contributed by atoms with van der Waals surface area (Å²) in [7, 11) is 0. The van der Waals surface area contributed by atoms with Crippen molar-refractivity contribution < 1.29 is 4.55 Å². The molecule has 0 saturated heterocycles. The zero-order chi connectivity index (χ0) is 15.0. The third-order valence-electron chi connectivity index (χ3n) is 3.82. The van der Waals surface area contributed by atoms with Crippen LogP contribution in [0.3, 0.4) is 0 Å². The van der Waals surface area contributed by atoms with Crippen LogP contribution in [-0.2, 0) is 11.2 Å². The first-order valence-corrected chi connectivity index (χ1v) is 8.33. The van der Waals surface area contributed by atoms with Gasteiger partial charge in [-0.15, -0.1) is 0 Å². The van der Waals surface area contributed by atoms with Gasteiger partial charge in [-0.2, -0.15) is 15.2 Å². The van der Waals surface area contributed by atoms with Crippen LogP contribution in [-0.4, -0.2) is 25.3 Å². The van der Waals surface area contributed by atoms with Gasteiger partial charge in [-0.05, 0) is 18.9 Å². The van der Waals surface area contributed by atoms with Crippen LogP contribution in [0.25, 0.3) is 11.0 Å². The van der Waals surface area contributed by atoms with Gasteiger partial charge in [0.05, 0.1) is 0 Å². The van der Waals surface area contributed by atoms with Crippen LogP contribution in [0.4, 0.5) is 0 Å². The average Bonchev–Trinajstić information content (AvgIpc) is 2.99. The standard InChI is InChI=1S/C14H14N4O2S/c1-21(20)14-16-8-10-6-9(7-15)13(19)18(12(10)17-14)11-4-2-3-5-11/h6,8,11H,2-5H2,1H3. The van der Waals surface area contributed by atoms with Crippen molar-refractivity contribution >= 4 is 22.2 Å². The molecule has 1 aliphatic rings. The van der Waals surface area contributed by atoms with Gasteiger partial charge in [-0.1, -0.05) is 12.8 Å². The number of hydrogen-bond acceptors (Lipinski definition) is 5. The van der Waals surface area contributed by atoms with Crippen LogP contribution in [0.15, 0.2) is 22.2 Å². The molecule has 2 heterocycles. The van der Waals surface area contributed by atoms with Crippen LogP contribution < -0.4 is 5.56 Å². The molecule has 21 heavy (non-hydrogen) atoms. The molecule has 0 spiro atoms. The Morgan fingerprint density at radius 1 is 1.48 bits per heavy atom. The maximum Gasteiger partial charge on any atom is 0.344 e. The fourth-order valence-electron chi connectivity index (χ4n) is 2.82. The Labute approximate surface area is 124 Å². The lowest BCUT2D eigenvalue weighted by Crippen LogP contribution is -2.27. The van der Waals surface area contributed by atoms with E-state index in [0.29, 0.717) is 11.0 Å². The number of nitrogens with zero attached hydrogens (tertiary/aromatic N) is 4. The van der Waals surface area contributed by atoms with E-state index >= 15 is 0 Å². The van der Waals surface area contributed by atoms with E-state index in [-0.39, 0.29) is 22.3 Å². The molecule has 108 valence electrons. The Hall–Kier alpha value is -1.91. The zero-order valence-electron chi connectivity index (χ0n) is 11.6. The minimum atomic E-state index is -1.31. The second kappa shape index (κ2) is 5.47. The first kappa shape index (κ1) is 14.0. The lowest BCUT2D eigenvalue weighted by atomic mass is 10.2. The third-order valence-corrected chi connectivity index (χ3v) is 4.53. The number of fused-ring (bicyclic) bond motifs is 1. The molecule has 0 amide bonds. The van der Waals surface area contributed by atoms with Crippen LogP contribution in [0.2, 0.25) is 0 Å². The van der Waals surface area contributed by atoms with E-state index in [2.05, 4.69) is 9.97 Å². The van der Waals surface area contributed by atoms with Gasteiger partial charge < -0.3 is 4.55 Å². The van der Waals surface area contributed by atoms with Crippen LogP contribution in [0.1, 0.15) is 37.3 Å². The predicted octanol–water partition coefficient (Wildman–Crippen LogP) is 1.52. The molecule has 0 aliphatic heterocycles. The molecule has 6 nitrogen and oxygen atoms in total. The van der Waals surface area contributed by atoms with Gasteiger partial charge in [0.1, 0.15) is 17.9 Å². The summed E-state index contributed by atoms with van der Waals surface area (Å²) in [6.07, 6.45) is 6.96. The number of rotatable bonds is 2. The van der Waals surface area contributed by atoms with E-state index in [4.69, 9.17) is 5.26 Å². The molecule has 1 saturated carbocycles. The van der Waals surface area contributed by atoms with Gasteiger partial charge in [0.15, 0.2) is 5.65 Å². The van der Waals surface area contributed by atoms with Crippen molar-refractivity contribution in [2.45, 2.75) is 36.9 Å². The summed E-state index contributed by atoms with van der Waals surface area (Å²) in [4.78, 5) is 20.8. The summed E-state index contributed by atoms with van der Waals surface area (Å²) in [5, 5.41) is 9.97. The summed E-state index contributed by atoms with van der Waals surface area (Å²) in [5.74, 6) is 0. The monoisotopic (exact) mass is 302 g/mol. The number of nitriles is 1. The molecular weight excluding hydrogens is 288 g/mol. The zero-order valence-corrected chi connectivity index (χ0v) is 12.4. The fourth-order valence-corrected chi connectivity index (χ4v) is 3.24. The summed E-state index contributed by atoms with van der Waals surface area (Å²) >= 11 is -1.31. The minimum Gasteiger partial charge on any atom is -0.609 e. The molecule has 2 aromatic rings. The maximum absolute atomic E-state index is 12.5. The number of hydrogen-bond donors (Lipinski definition) is 0. The van der Waals surface area contributed by atoms with Crippen molar-refractivity contribution in [3.05, 3.63) is 28.2 Å². The van der Waals surface area contributed by atoms with Crippen molar-refractivity contribution in [2.24, 2.45) is 0 Å². The van der Waals surface area contributed by atoms with Crippen molar-refractivity contribution in [2.75, 3.05) is 6.26 Å². The highest BCUT2D eigenvalue weighted by molar-refractivity contribution is 7.90. The predicted molar refractivity (Wildman–Crippen MR) is 78.4 cm³/mol. The molecule has 2 aromatic heterocycles. The Morgan fingerprint density at radius 2 is 2.19 bits per heavy atom. The Bertz CT molecular complexity index is 788. The molecule has 1 aliphatic carbocycles. The lowest BCUT2D eigenvalue weighted by Gasteiger charge is -2.16. The SMILES string of the molecule is C[S+]([O-])c1ncc2cc(C#N)c(=O)n(C3CCCC3)c2n1. The molecule has 1 fully saturated rings. The minimum absolute atomic E-state index is 0.0568. The highest BCUT2D eigenvalue weighted by atomic mass is 32.2. The summed E-state index contributed by atoms with van der Waals surface area (Å²) in [6, 6.07) is 3.50. The first-order valence-electron chi connectivity index (χ1n) is 6.77. The van der Waals surface area contributed by atoms with Crippen LogP contribution >= 0.6 is 0 Å². The fraction of sp³-hybridized carbons (Fsp3) is 0.429. The van der Waals surface area contributed by atoms with Gasteiger partial charge in [0.25, 0.3) is 5.56 Å². The molecule has 0 N–H and O–H groups in total. The smallest absolute Gasteiger partial charge is 0.344 e. The van der Waals surface area contributed by atoms with Crippen LogP contribution in [0, 0.1) is 11.3 Å². The van der Waals surface area contributed by atoms with E-state index < -0.39 is 11.2 Å². The van der Waals surface area contributed by atoms with E-state index in [9.17, 15) is 9.35 Å². The van der Waals surface area contributed by atoms with E-state index in [1.54, 1.807) is 4.57 Å². The number of pyridine rings is 1. The van der Waals surface area contributed by atoms with Crippen molar-refractivity contribution in [3.63, 3.8) is 0 Å². The van der Waals surface area contributed by atoms with E-state index in [0.717, 1.165) is 25.7 Å². The summed E-state index contributed by atoms with van der Waals surface area (Å²) in [6.45, 7) is 0. The summed E-state index contributed by atoms with van der Waals surface area (Å²) in [5.41, 5.74) is 0.262. The van der Waals surface area contributed by atoms with E-state index in [1.165, 1.54) is 18.5 Å². The van der Waals surface area contributed by atoms with Gasteiger partial charge in [0.2, 0.25) is 0 Å². The molecular formula is C14H14N4O2S. The molecule has 3 rings (SSSR count). The first-order chi connectivity index (χ1) is 10.1. The van der Waals surface area contributed by atoms with Gasteiger partial charge >= 0.3 is 5.16 Å². The lowest BCUT2D eigenvalue weighted by molar-refractivity contribution is 0.513. The summed E-state index contributed by atoms with van der Waals surface area (Å²) < 4.78 is 13.2. The topological polar surface area (TPSA) is 94.6 Å². The second-order valence-electron chi connectivity index (χ2n) is 5.17. The Morgan fingerprint density at radius 3 is 2.81 bits per heavy atom. The third kappa shape index (κ3) is 2.41. The molecule has 0 radical (unpaired) electrons. The van der Waals surface area contributed by atoms with E-state index in [1.807, 2.05) is 6.07 Å². The number of aromatic nitrogens is 3. The maximum atomic E-state index is 12.5. The normalized spacial score (nSPS) is 17.0. The van der Waals surface area contributed by atoms with Crippen molar-refractivity contribution in [1.82, 2.24) is 14.5 Å². The van der Waals surface area contributed by atoms with Gasteiger partial charge in [0, 0.05) is 28.8 Å². The largest absolute Gasteiger partial charge is 0.609 e. The van der Waals surface area contributed by atoms with Crippen LogP contribution in [0.5, 0.6) is 0 Å². The molecule has 0 bridgehead atoms. The molecule has 1 unspecified atom stereocenters. The Kier molecular flexibility index (Phi) is 3.66. The average molecular weight is 302 g/mol. The molecule has 0 aromatic carbocycles. The quantitative estimate of drug-likeness (QED) is 0.619. The Balaban J connectivity index is 2.33.